The lowest BCUT2D eigenvalue weighted by atomic mass is 9.98. The highest BCUT2D eigenvalue weighted by atomic mass is 16.5. The number of rotatable bonds is 7. The second-order valence-electron chi connectivity index (χ2n) is 6.98. The van der Waals surface area contributed by atoms with Crippen LogP contribution in [0, 0.1) is 12.8 Å². The molecule has 0 saturated carbocycles. The van der Waals surface area contributed by atoms with Crippen molar-refractivity contribution in [1.29, 1.82) is 0 Å². The minimum Gasteiger partial charge on any atom is -0.463 e. The highest BCUT2D eigenvalue weighted by Gasteiger charge is 2.27. The zero-order chi connectivity index (χ0) is 20.1. The van der Waals surface area contributed by atoms with E-state index in [1.807, 2.05) is 25.1 Å². The topological polar surface area (TPSA) is 100 Å². The van der Waals surface area contributed by atoms with Crippen LogP contribution in [0.15, 0.2) is 36.4 Å². The molecule has 1 fully saturated rings. The molecule has 28 heavy (non-hydrogen) atoms. The predicted octanol–water partition coefficient (Wildman–Crippen LogP) is 2.22. The quantitative estimate of drug-likeness (QED) is 0.504. The SMILES string of the molecule is CCOC(=O)/C=C/[C@H](CC1CCNC1=O)NC(=O)c1cc2cc(C)ccc2[nH]1. The number of carbonyl (C=O) groups excluding carboxylic acids is 3. The zero-order valence-corrected chi connectivity index (χ0v) is 16.1. The Bertz CT molecular complexity index is 916. The number of ether oxygens (including phenoxy) is 1. The van der Waals surface area contributed by atoms with Crippen LogP contribution in [-0.2, 0) is 14.3 Å². The number of H-pyrrole nitrogens is 1. The fraction of sp³-hybridized carbons (Fsp3) is 0.381. The van der Waals surface area contributed by atoms with Crippen molar-refractivity contribution >= 4 is 28.7 Å². The fourth-order valence-corrected chi connectivity index (χ4v) is 3.37. The van der Waals surface area contributed by atoms with E-state index in [9.17, 15) is 14.4 Å². The van der Waals surface area contributed by atoms with E-state index in [4.69, 9.17) is 4.74 Å². The van der Waals surface area contributed by atoms with Crippen molar-refractivity contribution in [2.24, 2.45) is 5.92 Å². The first kappa shape index (κ1) is 19.7. The van der Waals surface area contributed by atoms with Crippen molar-refractivity contribution in [3.05, 3.63) is 47.7 Å². The maximum absolute atomic E-state index is 12.7. The Morgan fingerprint density at radius 1 is 1.36 bits per heavy atom. The lowest BCUT2D eigenvalue weighted by molar-refractivity contribution is -0.137. The molecule has 7 heteroatoms. The summed E-state index contributed by atoms with van der Waals surface area (Å²) in [5, 5.41) is 6.66. The Kier molecular flexibility index (Phi) is 6.13. The van der Waals surface area contributed by atoms with Crippen molar-refractivity contribution in [2.45, 2.75) is 32.7 Å². The van der Waals surface area contributed by atoms with E-state index in [1.165, 1.54) is 6.08 Å². The van der Waals surface area contributed by atoms with Crippen molar-refractivity contribution in [2.75, 3.05) is 13.2 Å². The van der Waals surface area contributed by atoms with Gasteiger partial charge in [-0.1, -0.05) is 17.7 Å². The lowest BCUT2D eigenvalue weighted by Gasteiger charge is -2.17. The number of carbonyl (C=O) groups is 3. The fourth-order valence-electron chi connectivity index (χ4n) is 3.37. The smallest absolute Gasteiger partial charge is 0.330 e. The van der Waals surface area contributed by atoms with E-state index in [2.05, 4.69) is 15.6 Å². The van der Waals surface area contributed by atoms with Gasteiger partial charge in [-0.15, -0.1) is 0 Å². The third kappa shape index (κ3) is 4.79. The van der Waals surface area contributed by atoms with Gasteiger partial charge in [0.1, 0.15) is 5.69 Å². The summed E-state index contributed by atoms with van der Waals surface area (Å²) in [6.07, 6.45) is 4.03. The van der Waals surface area contributed by atoms with Gasteiger partial charge in [-0.3, -0.25) is 9.59 Å². The summed E-state index contributed by atoms with van der Waals surface area (Å²) in [6, 6.07) is 7.25. The van der Waals surface area contributed by atoms with Crippen LogP contribution in [0.3, 0.4) is 0 Å². The van der Waals surface area contributed by atoms with Crippen LogP contribution in [0.4, 0.5) is 0 Å². The number of amides is 2. The standard InChI is InChI=1S/C21H25N3O4/c1-3-28-19(25)7-5-16(11-14-8-9-22-20(14)26)23-21(27)18-12-15-10-13(2)4-6-17(15)24-18/h4-7,10,12,14,16,24H,3,8-9,11H2,1-2H3,(H,22,26)(H,23,27)/b7-5+/t14?,16-/m1/s1. The van der Waals surface area contributed by atoms with Gasteiger partial charge in [0, 0.05) is 35.5 Å². The van der Waals surface area contributed by atoms with Crippen LogP contribution < -0.4 is 10.6 Å². The Hall–Kier alpha value is -3.09. The van der Waals surface area contributed by atoms with Crippen LogP contribution in [0.1, 0.15) is 35.8 Å². The minimum atomic E-state index is -0.473. The molecule has 2 heterocycles. The first-order valence-corrected chi connectivity index (χ1v) is 9.49. The number of nitrogens with one attached hydrogen (secondary N) is 3. The number of fused-ring (bicyclic) bond motifs is 1. The van der Waals surface area contributed by atoms with Crippen LogP contribution >= 0.6 is 0 Å². The average molecular weight is 383 g/mol. The molecule has 3 rings (SSSR count). The molecule has 0 bridgehead atoms. The highest BCUT2D eigenvalue weighted by Crippen LogP contribution is 2.19. The maximum atomic E-state index is 12.7. The lowest BCUT2D eigenvalue weighted by Crippen LogP contribution is -2.36. The molecule has 1 aliphatic rings. The van der Waals surface area contributed by atoms with Crippen molar-refractivity contribution in [3.63, 3.8) is 0 Å². The Balaban J connectivity index is 1.74. The normalized spacial score (nSPS) is 17.6. The largest absolute Gasteiger partial charge is 0.463 e. The second-order valence-corrected chi connectivity index (χ2v) is 6.98. The molecule has 2 atom stereocenters. The summed E-state index contributed by atoms with van der Waals surface area (Å²) < 4.78 is 4.90. The molecule has 3 N–H and O–H groups in total. The molecule has 1 unspecified atom stereocenters. The first-order valence-electron chi connectivity index (χ1n) is 9.49. The second kappa shape index (κ2) is 8.73. The monoisotopic (exact) mass is 383 g/mol. The zero-order valence-electron chi connectivity index (χ0n) is 16.1. The molecule has 1 aliphatic heterocycles. The van der Waals surface area contributed by atoms with Crippen molar-refractivity contribution in [1.82, 2.24) is 15.6 Å². The third-order valence-corrected chi connectivity index (χ3v) is 4.79. The van der Waals surface area contributed by atoms with Crippen molar-refractivity contribution in [3.8, 4) is 0 Å². The van der Waals surface area contributed by atoms with E-state index in [-0.39, 0.29) is 24.3 Å². The third-order valence-electron chi connectivity index (χ3n) is 4.79. The van der Waals surface area contributed by atoms with E-state index >= 15 is 0 Å². The molecular weight excluding hydrogens is 358 g/mol. The van der Waals surface area contributed by atoms with E-state index in [1.54, 1.807) is 19.1 Å². The van der Waals surface area contributed by atoms with Crippen LogP contribution in [0.2, 0.25) is 0 Å². The molecule has 2 amide bonds. The van der Waals surface area contributed by atoms with E-state index in [0.717, 1.165) is 16.5 Å². The van der Waals surface area contributed by atoms with Crippen LogP contribution in [-0.4, -0.2) is 42.0 Å². The number of benzene rings is 1. The van der Waals surface area contributed by atoms with Crippen LogP contribution in [0.25, 0.3) is 10.9 Å². The number of esters is 1. The van der Waals surface area contributed by atoms with Gasteiger partial charge in [-0.25, -0.2) is 4.79 Å². The number of aromatic nitrogens is 1. The molecule has 148 valence electrons. The summed E-state index contributed by atoms with van der Waals surface area (Å²) in [5.41, 5.74) is 2.43. The average Bonchev–Trinajstić information content (AvgIpc) is 3.25. The van der Waals surface area contributed by atoms with Gasteiger partial charge in [-0.05, 0) is 44.9 Å². The maximum Gasteiger partial charge on any atom is 0.330 e. The number of aromatic amines is 1. The van der Waals surface area contributed by atoms with Crippen molar-refractivity contribution < 1.29 is 19.1 Å². The van der Waals surface area contributed by atoms with E-state index in [0.29, 0.717) is 25.1 Å². The molecular formula is C21H25N3O4. The summed E-state index contributed by atoms with van der Waals surface area (Å²) >= 11 is 0. The number of hydrogen-bond donors (Lipinski definition) is 3. The van der Waals surface area contributed by atoms with E-state index < -0.39 is 12.0 Å². The molecule has 0 aliphatic carbocycles. The first-order chi connectivity index (χ1) is 13.5. The van der Waals surface area contributed by atoms with Gasteiger partial charge in [0.2, 0.25) is 5.91 Å². The summed E-state index contributed by atoms with van der Waals surface area (Å²) in [7, 11) is 0. The summed E-state index contributed by atoms with van der Waals surface area (Å²) in [5.74, 6) is -0.975. The molecule has 1 saturated heterocycles. The molecule has 0 radical (unpaired) electrons. The highest BCUT2D eigenvalue weighted by molar-refractivity contribution is 5.98. The minimum absolute atomic E-state index is 0.0233. The Labute approximate surface area is 163 Å². The van der Waals surface area contributed by atoms with Gasteiger partial charge in [-0.2, -0.15) is 0 Å². The molecule has 0 spiro atoms. The van der Waals surface area contributed by atoms with Crippen LogP contribution in [0.5, 0.6) is 0 Å². The van der Waals surface area contributed by atoms with Gasteiger partial charge < -0.3 is 20.4 Å². The molecule has 2 aromatic rings. The summed E-state index contributed by atoms with van der Waals surface area (Å²) in [6.45, 7) is 4.63. The van der Waals surface area contributed by atoms with Gasteiger partial charge >= 0.3 is 5.97 Å². The van der Waals surface area contributed by atoms with Gasteiger partial charge in [0.05, 0.1) is 6.61 Å². The van der Waals surface area contributed by atoms with Gasteiger partial charge in [0.25, 0.3) is 5.91 Å². The molecule has 1 aromatic carbocycles. The number of aryl methyl sites for hydroxylation is 1. The Morgan fingerprint density at radius 3 is 2.89 bits per heavy atom. The Morgan fingerprint density at radius 2 is 2.18 bits per heavy atom. The summed E-state index contributed by atoms with van der Waals surface area (Å²) in [4.78, 5) is 39.4. The number of hydrogen-bond acceptors (Lipinski definition) is 4. The molecule has 7 nitrogen and oxygen atoms in total. The predicted molar refractivity (Wildman–Crippen MR) is 106 cm³/mol. The molecule has 1 aromatic heterocycles. The van der Waals surface area contributed by atoms with Gasteiger partial charge in [0.15, 0.2) is 0 Å².